The zero-order valence-corrected chi connectivity index (χ0v) is 11.5. The smallest absolute Gasteiger partial charge is 0.272 e. The molecule has 0 unspecified atom stereocenters. The predicted octanol–water partition coefficient (Wildman–Crippen LogP) is 0.373. The molecule has 0 bridgehead atoms. The van der Waals surface area contributed by atoms with Crippen molar-refractivity contribution < 1.29 is 9.59 Å². The van der Waals surface area contributed by atoms with Crippen LogP contribution in [0.15, 0.2) is 6.07 Å². The number of amides is 2. The maximum atomic E-state index is 11.7. The van der Waals surface area contributed by atoms with E-state index in [1.54, 1.807) is 17.8 Å². The average Bonchev–Trinajstić information content (AvgIpc) is 2.53. The Morgan fingerprint density at radius 3 is 2.44 bits per heavy atom. The molecule has 0 aromatic carbocycles. The van der Waals surface area contributed by atoms with E-state index in [4.69, 9.17) is 0 Å². The van der Waals surface area contributed by atoms with E-state index < -0.39 is 0 Å². The summed E-state index contributed by atoms with van der Waals surface area (Å²) in [5, 5.41) is 9.33. The Hall–Kier alpha value is -1.85. The number of rotatable bonds is 3. The summed E-state index contributed by atoms with van der Waals surface area (Å²) in [5.74, 6) is -0.564. The summed E-state index contributed by atoms with van der Waals surface area (Å²) in [6.45, 7) is 7.46. The van der Waals surface area contributed by atoms with Gasteiger partial charge in [0.25, 0.3) is 5.91 Å². The molecule has 0 fully saturated rings. The van der Waals surface area contributed by atoms with Crippen LogP contribution in [0.25, 0.3) is 0 Å². The highest BCUT2D eigenvalue weighted by Gasteiger charge is 2.16. The van der Waals surface area contributed by atoms with Gasteiger partial charge in [0, 0.05) is 18.3 Å². The molecule has 1 aromatic heterocycles. The molecular formula is C12H20N4O2. The summed E-state index contributed by atoms with van der Waals surface area (Å²) in [6, 6.07) is 1.68. The predicted molar refractivity (Wildman–Crippen MR) is 68.2 cm³/mol. The Labute approximate surface area is 107 Å². The molecule has 1 rings (SSSR count). The van der Waals surface area contributed by atoms with Gasteiger partial charge in [0.05, 0.1) is 6.54 Å². The molecule has 0 spiro atoms. The SMILES string of the molecule is Cc1cc(C(=O)NCC(=O)NC(C)(C)C)nn1C. The summed E-state index contributed by atoms with van der Waals surface area (Å²) >= 11 is 0. The second kappa shape index (κ2) is 5.20. The second-order valence-corrected chi connectivity index (χ2v) is 5.28. The first-order chi connectivity index (χ1) is 8.19. The van der Waals surface area contributed by atoms with Crippen molar-refractivity contribution in [1.29, 1.82) is 0 Å². The molecule has 2 amide bonds. The monoisotopic (exact) mass is 252 g/mol. The fourth-order valence-electron chi connectivity index (χ4n) is 1.39. The van der Waals surface area contributed by atoms with E-state index in [0.717, 1.165) is 5.69 Å². The van der Waals surface area contributed by atoms with E-state index in [9.17, 15) is 9.59 Å². The Bertz CT molecular complexity index is 438. The van der Waals surface area contributed by atoms with Gasteiger partial charge in [0.15, 0.2) is 0 Å². The molecule has 6 heteroatoms. The number of carbonyl (C=O) groups excluding carboxylic acids is 2. The first-order valence-electron chi connectivity index (χ1n) is 5.79. The topological polar surface area (TPSA) is 76.0 Å². The standard InChI is InChI=1S/C12H20N4O2/c1-8-6-9(15-16(8)5)11(18)13-7-10(17)14-12(2,3)4/h6H,7H2,1-5H3,(H,13,18)(H,14,17). The molecule has 18 heavy (non-hydrogen) atoms. The number of aryl methyl sites for hydroxylation is 2. The first-order valence-corrected chi connectivity index (χ1v) is 5.79. The average molecular weight is 252 g/mol. The van der Waals surface area contributed by atoms with Gasteiger partial charge in [0.2, 0.25) is 5.91 Å². The van der Waals surface area contributed by atoms with Crippen LogP contribution in [-0.2, 0) is 11.8 Å². The highest BCUT2D eigenvalue weighted by Crippen LogP contribution is 2.01. The van der Waals surface area contributed by atoms with Crippen molar-refractivity contribution in [3.8, 4) is 0 Å². The minimum Gasteiger partial charge on any atom is -0.350 e. The Morgan fingerprint density at radius 1 is 1.39 bits per heavy atom. The van der Waals surface area contributed by atoms with E-state index in [2.05, 4.69) is 15.7 Å². The largest absolute Gasteiger partial charge is 0.350 e. The highest BCUT2D eigenvalue weighted by atomic mass is 16.2. The molecule has 0 aliphatic carbocycles. The summed E-state index contributed by atoms with van der Waals surface area (Å²) in [4.78, 5) is 23.2. The molecule has 100 valence electrons. The van der Waals surface area contributed by atoms with Crippen LogP contribution in [0.3, 0.4) is 0 Å². The molecule has 0 radical (unpaired) electrons. The highest BCUT2D eigenvalue weighted by molar-refractivity contribution is 5.95. The summed E-state index contributed by atoms with van der Waals surface area (Å²) < 4.78 is 1.62. The lowest BCUT2D eigenvalue weighted by Gasteiger charge is -2.20. The minimum absolute atomic E-state index is 0.0499. The van der Waals surface area contributed by atoms with E-state index in [1.165, 1.54) is 0 Å². The number of hydrogen-bond acceptors (Lipinski definition) is 3. The van der Waals surface area contributed by atoms with E-state index in [-0.39, 0.29) is 23.9 Å². The molecule has 0 aliphatic rings. The van der Waals surface area contributed by atoms with Crippen LogP contribution in [0.4, 0.5) is 0 Å². The van der Waals surface area contributed by atoms with Gasteiger partial charge >= 0.3 is 0 Å². The lowest BCUT2D eigenvalue weighted by Crippen LogP contribution is -2.45. The zero-order valence-electron chi connectivity index (χ0n) is 11.5. The molecule has 0 atom stereocenters. The zero-order chi connectivity index (χ0) is 13.9. The van der Waals surface area contributed by atoms with Crippen molar-refractivity contribution >= 4 is 11.8 Å². The lowest BCUT2D eigenvalue weighted by molar-refractivity contribution is -0.121. The van der Waals surface area contributed by atoms with Crippen LogP contribution in [0.5, 0.6) is 0 Å². The van der Waals surface area contributed by atoms with Gasteiger partial charge in [-0.3, -0.25) is 14.3 Å². The molecule has 1 aromatic rings. The lowest BCUT2D eigenvalue weighted by atomic mass is 10.1. The minimum atomic E-state index is -0.345. The van der Waals surface area contributed by atoms with E-state index >= 15 is 0 Å². The van der Waals surface area contributed by atoms with Gasteiger partial charge in [-0.15, -0.1) is 0 Å². The molecule has 2 N–H and O–H groups in total. The van der Waals surface area contributed by atoms with Crippen molar-refractivity contribution in [1.82, 2.24) is 20.4 Å². The van der Waals surface area contributed by atoms with Crippen molar-refractivity contribution in [3.63, 3.8) is 0 Å². The van der Waals surface area contributed by atoms with Crippen molar-refractivity contribution in [2.75, 3.05) is 6.54 Å². The second-order valence-electron chi connectivity index (χ2n) is 5.28. The summed E-state index contributed by atoms with van der Waals surface area (Å²) in [7, 11) is 1.76. The van der Waals surface area contributed by atoms with Crippen molar-refractivity contribution in [2.45, 2.75) is 33.2 Å². The van der Waals surface area contributed by atoms with Gasteiger partial charge in [-0.2, -0.15) is 5.10 Å². The van der Waals surface area contributed by atoms with Crippen LogP contribution < -0.4 is 10.6 Å². The van der Waals surface area contributed by atoms with Crippen LogP contribution in [-0.4, -0.2) is 33.7 Å². The fourth-order valence-corrected chi connectivity index (χ4v) is 1.39. The van der Waals surface area contributed by atoms with Crippen LogP contribution >= 0.6 is 0 Å². The van der Waals surface area contributed by atoms with Crippen LogP contribution in [0, 0.1) is 6.92 Å². The van der Waals surface area contributed by atoms with E-state index in [1.807, 2.05) is 27.7 Å². The van der Waals surface area contributed by atoms with Crippen molar-refractivity contribution in [2.24, 2.45) is 7.05 Å². The summed E-state index contributed by atoms with van der Waals surface area (Å²) in [6.07, 6.45) is 0. The third kappa shape index (κ3) is 4.20. The Morgan fingerprint density at radius 2 is 2.00 bits per heavy atom. The fraction of sp³-hybridized carbons (Fsp3) is 0.583. The Balaban J connectivity index is 2.49. The number of nitrogens with one attached hydrogen (secondary N) is 2. The number of hydrogen-bond donors (Lipinski definition) is 2. The molecule has 0 saturated carbocycles. The number of aromatic nitrogens is 2. The maximum absolute atomic E-state index is 11.7. The molecule has 6 nitrogen and oxygen atoms in total. The quantitative estimate of drug-likeness (QED) is 0.816. The van der Waals surface area contributed by atoms with Gasteiger partial charge in [-0.25, -0.2) is 0 Å². The van der Waals surface area contributed by atoms with E-state index in [0.29, 0.717) is 5.69 Å². The van der Waals surface area contributed by atoms with Crippen LogP contribution in [0.1, 0.15) is 37.0 Å². The third-order valence-electron chi connectivity index (χ3n) is 2.27. The van der Waals surface area contributed by atoms with Gasteiger partial charge in [0.1, 0.15) is 5.69 Å². The Kier molecular flexibility index (Phi) is 4.11. The molecule has 1 heterocycles. The first kappa shape index (κ1) is 14.2. The number of nitrogens with zero attached hydrogens (tertiary/aromatic N) is 2. The normalized spacial score (nSPS) is 11.2. The van der Waals surface area contributed by atoms with Gasteiger partial charge in [-0.1, -0.05) is 0 Å². The summed E-state index contributed by atoms with van der Waals surface area (Å²) in [5.41, 5.74) is 0.904. The van der Waals surface area contributed by atoms with Crippen molar-refractivity contribution in [3.05, 3.63) is 17.5 Å². The maximum Gasteiger partial charge on any atom is 0.272 e. The number of carbonyl (C=O) groups is 2. The third-order valence-corrected chi connectivity index (χ3v) is 2.27. The van der Waals surface area contributed by atoms with Crippen LogP contribution in [0.2, 0.25) is 0 Å². The molecule has 0 aliphatic heterocycles. The van der Waals surface area contributed by atoms with Gasteiger partial charge in [-0.05, 0) is 33.8 Å². The molecule has 0 saturated heterocycles. The van der Waals surface area contributed by atoms with Gasteiger partial charge < -0.3 is 10.6 Å². The molecular weight excluding hydrogens is 232 g/mol.